The average molecular weight is 465 g/mol. The van der Waals surface area contributed by atoms with E-state index in [2.05, 4.69) is 11.1 Å². The molecule has 170 valence electrons. The summed E-state index contributed by atoms with van der Waals surface area (Å²) >= 11 is 1.27. The fourth-order valence-electron chi connectivity index (χ4n) is 4.54. The van der Waals surface area contributed by atoms with Crippen LogP contribution in [0, 0.1) is 11.3 Å². The van der Waals surface area contributed by atoms with Gasteiger partial charge in [0.1, 0.15) is 10.4 Å². The predicted octanol–water partition coefficient (Wildman–Crippen LogP) is 3.81. The molecule has 0 unspecified atom stereocenters. The Morgan fingerprint density at radius 1 is 1.16 bits per heavy atom. The van der Waals surface area contributed by atoms with Gasteiger partial charge in [-0.15, -0.1) is 0 Å². The van der Waals surface area contributed by atoms with E-state index in [1.165, 1.54) is 28.7 Å². The lowest BCUT2D eigenvalue weighted by molar-refractivity contribution is -0.131. The topological polar surface area (TPSA) is 94.4 Å². The molecule has 2 fully saturated rings. The van der Waals surface area contributed by atoms with Crippen LogP contribution in [0.25, 0.3) is 0 Å². The van der Waals surface area contributed by atoms with Crippen molar-refractivity contribution in [3.05, 3.63) is 18.3 Å². The van der Waals surface area contributed by atoms with Crippen LogP contribution in [-0.2, 0) is 14.8 Å². The molecule has 0 aliphatic heterocycles. The van der Waals surface area contributed by atoms with Gasteiger partial charge in [-0.2, -0.15) is 9.57 Å². The monoisotopic (exact) mass is 464 g/mol. The van der Waals surface area contributed by atoms with Crippen LogP contribution >= 0.6 is 11.8 Å². The summed E-state index contributed by atoms with van der Waals surface area (Å²) in [6, 6.07) is 5.63. The van der Waals surface area contributed by atoms with E-state index >= 15 is 0 Å². The van der Waals surface area contributed by atoms with Crippen molar-refractivity contribution in [3.8, 4) is 6.07 Å². The lowest BCUT2D eigenvalue weighted by Crippen LogP contribution is -2.50. The van der Waals surface area contributed by atoms with Gasteiger partial charge in [-0.1, -0.05) is 50.3 Å². The van der Waals surface area contributed by atoms with Crippen molar-refractivity contribution >= 4 is 27.7 Å². The van der Waals surface area contributed by atoms with Gasteiger partial charge >= 0.3 is 0 Å². The Morgan fingerprint density at radius 3 is 2.39 bits per heavy atom. The fraction of sp³-hybridized carbons (Fsp3) is 0.682. The molecule has 0 aromatic carbocycles. The van der Waals surface area contributed by atoms with Gasteiger partial charge in [-0.3, -0.25) is 4.79 Å². The first-order valence-corrected chi connectivity index (χ1v) is 13.5. The number of hydrogen-bond donors (Lipinski definition) is 0. The normalized spacial score (nSPS) is 19.7. The highest BCUT2D eigenvalue weighted by Gasteiger charge is 2.38. The number of sulfonamides is 1. The van der Waals surface area contributed by atoms with Crippen molar-refractivity contribution in [1.82, 2.24) is 14.2 Å². The average Bonchev–Trinajstić information content (AvgIpc) is 2.82. The number of pyridine rings is 1. The van der Waals surface area contributed by atoms with E-state index in [1.54, 1.807) is 31.1 Å². The minimum absolute atomic E-state index is 0.0493. The van der Waals surface area contributed by atoms with E-state index in [-0.39, 0.29) is 22.6 Å². The summed E-state index contributed by atoms with van der Waals surface area (Å²) in [5, 5.41) is 10.3. The predicted molar refractivity (Wildman–Crippen MR) is 121 cm³/mol. The van der Waals surface area contributed by atoms with Crippen LogP contribution in [0.1, 0.15) is 64.2 Å². The number of amides is 1. The highest BCUT2D eigenvalue weighted by atomic mass is 32.2. The Hall–Kier alpha value is -1.63. The summed E-state index contributed by atoms with van der Waals surface area (Å²) < 4.78 is 27.3. The SMILES string of the molecule is CN(C(=O)CSc1ccc(S(=O)(=O)N(C)C2CCCCC2)cn1)C1(C#N)CCCCC1. The van der Waals surface area contributed by atoms with Crippen LogP contribution in [0.15, 0.2) is 28.3 Å². The first-order valence-electron chi connectivity index (χ1n) is 11.0. The molecule has 0 N–H and O–H groups in total. The number of aromatic nitrogens is 1. The van der Waals surface area contributed by atoms with Crippen LogP contribution in [0.2, 0.25) is 0 Å². The van der Waals surface area contributed by atoms with Crippen LogP contribution in [-0.4, -0.2) is 59.9 Å². The van der Waals surface area contributed by atoms with E-state index in [4.69, 9.17) is 0 Å². The van der Waals surface area contributed by atoms with Crippen LogP contribution in [0.4, 0.5) is 0 Å². The van der Waals surface area contributed by atoms with Crippen molar-refractivity contribution in [1.29, 1.82) is 5.26 Å². The van der Waals surface area contributed by atoms with E-state index in [1.807, 2.05) is 0 Å². The molecule has 1 amide bonds. The number of thioether (sulfide) groups is 1. The lowest BCUT2D eigenvalue weighted by atomic mass is 9.81. The second-order valence-corrected chi connectivity index (χ2v) is 11.6. The highest BCUT2D eigenvalue weighted by molar-refractivity contribution is 7.99. The van der Waals surface area contributed by atoms with Crippen molar-refractivity contribution in [3.63, 3.8) is 0 Å². The molecule has 7 nitrogen and oxygen atoms in total. The summed E-state index contributed by atoms with van der Waals surface area (Å²) in [6.07, 6.45) is 10.9. The molecular formula is C22H32N4O3S2. The Bertz CT molecular complexity index is 900. The van der Waals surface area contributed by atoms with Gasteiger partial charge in [0, 0.05) is 26.3 Å². The quantitative estimate of drug-likeness (QED) is 0.570. The first kappa shape index (κ1) is 24.0. The van der Waals surface area contributed by atoms with E-state index in [0.29, 0.717) is 5.03 Å². The maximum atomic E-state index is 12.9. The number of rotatable bonds is 7. The van der Waals surface area contributed by atoms with Crippen molar-refractivity contribution < 1.29 is 13.2 Å². The summed E-state index contributed by atoms with van der Waals surface area (Å²) in [5.41, 5.74) is -0.703. The molecule has 2 saturated carbocycles. The first-order chi connectivity index (χ1) is 14.8. The van der Waals surface area contributed by atoms with Crippen LogP contribution < -0.4 is 0 Å². The summed E-state index contributed by atoms with van der Waals surface area (Å²) in [4.78, 5) is 18.7. The number of nitriles is 1. The molecule has 0 atom stereocenters. The molecular weight excluding hydrogens is 432 g/mol. The summed E-state index contributed by atoms with van der Waals surface area (Å²) in [6.45, 7) is 0. The smallest absolute Gasteiger partial charge is 0.244 e. The standard InChI is InChI=1S/C22H32N4O3S2/c1-25(22(17-23)13-7-4-8-14-22)21(27)16-30-20-12-11-19(15-24-20)31(28,29)26(2)18-9-5-3-6-10-18/h11-12,15,18H,3-10,13-14,16H2,1-2H3. The molecule has 9 heteroatoms. The molecule has 1 aromatic heterocycles. The second kappa shape index (κ2) is 10.3. The van der Waals surface area contributed by atoms with Crippen molar-refractivity contribution in [2.45, 2.75) is 85.7 Å². The van der Waals surface area contributed by atoms with Crippen LogP contribution in [0.5, 0.6) is 0 Å². The van der Waals surface area contributed by atoms with Gasteiger partial charge in [-0.05, 0) is 37.8 Å². The number of carbonyl (C=O) groups is 1. The van der Waals surface area contributed by atoms with Gasteiger partial charge in [0.15, 0.2) is 0 Å². The molecule has 1 aromatic rings. The zero-order valence-corrected chi connectivity index (χ0v) is 20.1. The molecule has 0 saturated heterocycles. The van der Waals surface area contributed by atoms with Crippen molar-refractivity contribution in [2.75, 3.05) is 19.8 Å². The number of hydrogen-bond acceptors (Lipinski definition) is 6. The third-order valence-corrected chi connectivity index (χ3v) is 9.55. The van der Waals surface area contributed by atoms with Gasteiger partial charge in [0.05, 0.1) is 16.8 Å². The second-order valence-electron chi connectivity index (χ2n) is 8.59. The Balaban J connectivity index is 1.60. The minimum atomic E-state index is -3.58. The van der Waals surface area contributed by atoms with Gasteiger partial charge in [0.25, 0.3) is 0 Å². The maximum Gasteiger partial charge on any atom is 0.244 e. The van der Waals surface area contributed by atoms with Gasteiger partial charge in [-0.25, -0.2) is 13.4 Å². The highest BCUT2D eigenvalue weighted by Crippen LogP contribution is 2.33. The summed E-state index contributed by atoms with van der Waals surface area (Å²) in [5.74, 6) is 0.0602. The van der Waals surface area contributed by atoms with Gasteiger partial charge < -0.3 is 4.90 Å². The largest absolute Gasteiger partial charge is 0.326 e. The van der Waals surface area contributed by atoms with Gasteiger partial charge in [0.2, 0.25) is 15.9 Å². The maximum absolute atomic E-state index is 12.9. The molecule has 2 aliphatic carbocycles. The molecule has 0 spiro atoms. The van der Waals surface area contributed by atoms with Crippen molar-refractivity contribution in [2.24, 2.45) is 0 Å². The lowest BCUT2D eigenvalue weighted by Gasteiger charge is -2.39. The zero-order valence-electron chi connectivity index (χ0n) is 18.4. The van der Waals surface area contributed by atoms with Crippen LogP contribution in [0.3, 0.4) is 0 Å². The molecule has 2 aliphatic rings. The molecule has 31 heavy (non-hydrogen) atoms. The minimum Gasteiger partial charge on any atom is -0.326 e. The van der Waals surface area contributed by atoms with E-state index in [9.17, 15) is 18.5 Å². The summed E-state index contributed by atoms with van der Waals surface area (Å²) in [7, 11) is -0.214. The molecule has 1 heterocycles. The molecule has 0 radical (unpaired) electrons. The third-order valence-electron chi connectivity index (χ3n) is 6.72. The fourth-order valence-corrected chi connectivity index (χ4v) is 6.66. The van der Waals surface area contributed by atoms with E-state index < -0.39 is 15.6 Å². The molecule has 3 rings (SSSR count). The number of carbonyl (C=O) groups excluding carboxylic acids is 1. The Morgan fingerprint density at radius 2 is 1.81 bits per heavy atom. The molecule has 0 bridgehead atoms. The third kappa shape index (κ3) is 5.41. The number of nitrogens with zero attached hydrogens (tertiary/aromatic N) is 4. The Kier molecular flexibility index (Phi) is 8.00. The Labute approximate surface area is 190 Å². The van der Waals surface area contributed by atoms with E-state index in [0.717, 1.165) is 57.8 Å². The zero-order chi connectivity index (χ0) is 22.5.